The van der Waals surface area contributed by atoms with Gasteiger partial charge in [-0.1, -0.05) is 39.0 Å². The van der Waals surface area contributed by atoms with Crippen LogP contribution >= 0.6 is 11.3 Å². The van der Waals surface area contributed by atoms with Gasteiger partial charge in [0.25, 0.3) is 0 Å². The maximum atomic E-state index is 5.73. The Morgan fingerprint density at radius 1 is 1.06 bits per heavy atom. The Kier molecular flexibility index (Phi) is 3.53. The summed E-state index contributed by atoms with van der Waals surface area (Å²) in [5.74, 6) is 0.936. The lowest BCUT2D eigenvalue weighted by Crippen LogP contribution is -2.10. The van der Waals surface area contributed by atoms with E-state index in [1.165, 1.54) is 10.4 Å². The average molecular weight is 246 g/mol. The average Bonchev–Trinajstić information content (AvgIpc) is 2.78. The van der Waals surface area contributed by atoms with E-state index in [0.717, 1.165) is 5.75 Å². The molecule has 0 bridgehead atoms. The number of ether oxygens (including phenoxy) is 1. The van der Waals surface area contributed by atoms with Crippen molar-refractivity contribution in [2.45, 2.75) is 32.8 Å². The molecule has 1 heterocycles. The van der Waals surface area contributed by atoms with Crippen LogP contribution in [0.1, 0.15) is 31.2 Å². The van der Waals surface area contributed by atoms with Gasteiger partial charge in [0, 0.05) is 4.88 Å². The Bertz CT molecular complexity index is 449. The van der Waals surface area contributed by atoms with Crippen LogP contribution < -0.4 is 4.74 Å². The molecule has 0 atom stereocenters. The van der Waals surface area contributed by atoms with Gasteiger partial charge in [-0.3, -0.25) is 0 Å². The quantitative estimate of drug-likeness (QED) is 0.767. The van der Waals surface area contributed by atoms with Crippen LogP contribution in [0.2, 0.25) is 0 Å². The van der Waals surface area contributed by atoms with E-state index < -0.39 is 0 Å². The normalized spacial score (nSPS) is 11.5. The third-order valence-corrected chi connectivity index (χ3v) is 3.53. The second kappa shape index (κ2) is 4.92. The van der Waals surface area contributed by atoms with E-state index in [1.54, 1.807) is 11.3 Å². The predicted octanol–water partition coefficient (Wildman–Crippen LogP) is 4.62. The van der Waals surface area contributed by atoms with Crippen LogP contribution in [0.5, 0.6) is 5.75 Å². The molecule has 90 valence electrons. The van der Waals surface area contributed by atoms with Crippen LogP contribution in [0.25, 0.3) is 0 Å². The lowest BCUT2D eigenvalue weighted by atomic mass is 9.87. The molecule has 0 N–H and O–H groups in total. The minimum absolute atomic E-state index is 0.201. The van der Waals surface area contributed by atoms with Crippen molar-refractivity contribution in [3.8, 4) is 5.75 Å². The monoisotopic (exact) mass is 246 g/mol. The predicted molar refractivity (Wildman–Crippen MR) is 73.8 cm³/mol. The summed E-state index contributed by atoms with van der Waals surface area (Å²) < 4.78 is 5.73. The third kappa shape index (κ3) is 3.34. The standard InChI is InChI=1S/C15H18OS/c1-15(2,3)12-6-8-13(9-7-12)16-11-14-5-4-10-17-14/h4-10H,11H2,1-3H3. The van der Waals surface area contributed by atoms with E-state index in [9.17, 15) is 0 Å². The van der Waals surface area contributed by atoms with Crippen molar-refractivity contribution in [3.63, 3.8) is 0 Å². The summed E-state index contributed by atoms with van der Waals surface area (Å²) in [6.07, 6.45) is 0. The zero-order valence-corrected chi connectivity index (χ0v) is 11.4. The molecule has 1 aromatic carbocycles. The molecule has 0 radical (unpaired) electrons. The van der Waals surface area contributed by atoms with Gasteiger partial charge in [-0.15, -0.1) is 11.3 Å². The fraction of sp³-hybridized carbons (Fsp3) is 0.333. The molecule has 2 heteroatoms. The Labute approximate surface area is 107 Å². The van der Waals surface area contributed by atoms with Crippen LogP contribution in [-0.4, -0.2) is 0 Å². The summed E-state index contributed by atoms with van der Waals surface area (Å²) in [6.45, 7) is 7.31. The number of benzene rings is 1. The fourth-order valence-electron chi connectivity index (χ4n) is 1.60. The second-order valence-electron chi connectivity index (χ2n) is 5.14. The van der Waals surface area contributed by atoms with Crippen LogP contribution in [0.15, 0.2) is 41.8 Å². The third-order valence-electron chi connectivity index (χ3n) is 2.68. The van der Waals surface area contributed by atoms with Crippen molar-refractivity contribution < 1.29 is 4.74 Å². The number of thiophene rings is 1. The highest BCUT2D eigenvalue weighted by Crippen LogP contribution is 2.24. The molecule has 1 nitrogen and oxygen atoms in total. The molecule has 0 saturated heterocycles. The van der Waals surface area contributed by atoms with Gasteiger partial charge in [0.05, 0.1) is 0 Å². The summed E-state index contributed by atoms with van der Waals surface area (Å²) in [5, 5.41) is 2.07. The molecule has 1 aromatic heterocycles. The minimum atomic E-state index is 0.201. The Morgan fingerprint density at radius 2 is 1.76 bits per heavy atom. The van der Waals surface area contributed by atoms with Crippen LogP contribution in [0.3, 0.4) is 0 Å². The topological polar surface area (TPSA) is 9.23 Å². The van der Waals surface area contributed by atoms with E-state index in [2.05, 4.69) is 44.4 Å². The molecule has 0 unspecified atom stereocenters. The van der Waals surface area contributed by atoms with E-state index in [1.807, 2.05) is 18.2 Å². The molecule has 0 amide bonds. The van der Waals surface area contributed by atoms with Crippen LogP contribution in [0, 0.1) is 0 Å². The van der Waals surface area contributed by atoms with Gasteiger partial charge in [0.15, 0.2) is 0 Å². The number of hydrogen-bond acceptors (Lipinski definition) is 2. The van der Waals surface area contributed by atoms with E-state index in [4.69, 9.17) is 4.74 Å². The maximum Gasteiger partial charge on any atom is 0.122 e. The summed E-state index contributed by atoms with van der Waals surface area (Å²) in [6, 6.07) is 12.5. The summed E-state index contributed by atoms with van der Waals surface area (Å²) in [7, 11) is 0. The second-order valence-corrected chi connectivity index (χ2v) is 6.17. The number of hydrogen-bond donors (Lipinski definition) is 0. The van der Waals surface area contributed by atoms with Gasteiger partial charge in [0.1, 0.15) is 12.4 Å². The summed E-state index contributed by atoms with van der Waals surface area (Å²) in [4.78, 5) is 1.25. The van der Waals surface area contributed by atoms with Gasteiger partial charge in [-0.25, -0.2) is 0 Å². The van der Waals surface area contributed by atoms with Gasteiger partial charge in [0.2, 0.25) is 0 Å². The van der Waals surface area contributed by atoms with Gasteiger partial charge < -0.3 is 4.74 Å². The molecule has 2 aromatic rings. The molecule has 0 spiro atoms. The molecule has 0 aliphatic carbocycles. The molecule has 17 heavy (non-hydrogen) atoms. The molecule has 2 rings (SSSR count). The zero-order chi connectivity index (χ0) is 12.3. The van der Waals surface area contributed by atoms with E-state index >= 15 is 0 Å². The lowest BCUT2D eigenvalue weighted by Gasteiger charge is -2.19. The van der Waals surface area contributed by atoms with Crippen LogP contribution in [-0.2, 0) is 12.0 Å². The van der Waals surface area contributed by atoms with Crippen molar-refractivity contribution in [2.24, 2.45) is 0 Å². The first-order valence-electron chi connectivity index (χ1n) is 5.81. The highest BCUT2D eigenvalue weighted by molar-refractivity contribution is 7.09. The SMILES string of the molecule is CC(C)(C)c1ccc(OCc2cccs2)cc1. The van der Waals surface area contributed by atoms with Gasteiger partial charge in [-0.2, -0.15) is 0 Å². The Morgan fingerprint density at radius 3 is 2.29 bits per heavy atom. The van der Waals surface area contributed by atoms with E-state index in [-0.39, 0.29) is 5.41 Å². The smallest absolute Gasteiger partial charge is 0.122 e. The zero-order valence-electron chi connectivity index (χ0n) is 10.6. The minimum Gasteiger partial charge on any atom is -0.488 e. The maximum absolute atomic E-state index is 5.73. The molecular formula is C15H18OS. The fourth-order valence-corrected chi connectivity index (χ4v) is 2.22. The Balaban J connectivity index is 1.99. The van der Waals surface area contributed by atoms with Crippen molar-refractivity contribution in [1.82, 2.24) is 0 Å². The highest BCUT2D eigenvalue weighted by atomic mass is 32.1. The molecule has 0 aliphatic heterocycles. The van der Waals surface area contributed by atoms with Crippen molar-refractivity contribution in [2.75, 3.05) is 0 Å². The molecule has 0 saturated carbocycles. The van der Waals surface area contributed by atoms with Crippen molar-refractivity contribution in [3.05, 3.63) is 52.2 Å². The largest absolute Gasteiger partial charge is 0.488 e. The van der Waals surface area contributed by atoms with Gasteiger partial charge in [-0.05, 0) is 34.6 Å². The first-order chi connectivity index (χ1) is 8.05. The molecule has 0 fully saturated rings. The first kappa shape index (κ1) is 12.2. The van der Waals surface area contributed by atoms with Crippen LogP contribution in [0.4, 0.5) is 0 Å². The Hall–Kier alpha value is -1.28. The molecule has 0 aliphatic rings. The first-order valence-corrected chi connectivity index (χ1v) is 6.69. The lowest BCUT2D eigenvalue weighted by molar-refractivity contribution is 0.309. The highest BCUT2D eigenvalue weighted by Gasteiger charge is 2.12. The van der Waals surface area contributed by atoms with E-state index in [0.29, 0.717) is 6.61 Å². The summed E-state index contributed by atoms with van der Waals surface area (Å²) in [5.41, 5.74) is 1.53. The summed E-state index contributed by atoms with van der Waals surface area (Å²) >= 11 is 1.72. The van der Waals surface area contributed by atoms with Crippen molar-refractivity contribution in [1.29, 1.82) is 0 Å². The van der Waals surface area contributed by atoms with Gasteiger partial charge >= 0.3 is 0 Å². The number of rotatable bonds is 3. The van der Waals surface area contributed by atoms with Crippen molar-refractivity contribution >= 4 is 11.3 Å². The molecular weight excluding hydrogens is 228 g/mol.